The fraction of sp³-hybridized carbons (Fsp3) is 0.455. The quantitative estimate of drug-likeness (QED) is 0.695. The molecule has 1 atom stereocenters. The van der Waals surface area contributed by atoms with E-state index in [4.69, 9.17) is 4.52 Å². The molecular weight excluding hydrogens is 338 g/mol. The molecule has 0 unspecified atom stereocenters. The van der Waals surface area contributed by atoms with Crippen LogP contribution < -0.4 is 0 Å². The Balaban J connectivity index is 1.71. The van der Waals surface area contributed by atoms with Gasteiger partial charge in [0.15, 0.2) is 0 Å². The summed E-state index contributed by atoms with van der Waals surface area (Å²) in [7, 11) is 0. The molecule has 0 radical (unpaired) electrons. The lowest BCUT2D eigenvalue weighted by Crippen LogP contribution is -2.31. The molecule has 0 saturated carbocycles. The van der Waals surface area contributed by atoms with E-state index in [1.807, 2.05) is 17.9 Å². The first kappa shape index (κ1) is 17.8. The van der Waals surface area contributed by atoms with Gasteiger partial charge in [-0.05, 0) is 50.3 Å². The number of aryl methyl sites for hydroxylation is 3. The lowest BCUT2D eigenvalue weighted by atomic mass is 10.0. The van der Waals surface area contributed by atoms with Crippen LogP contribution >= 0.6 is 0 Å². The Morgan fingerprint density at radius 1 is 1.26 bits per heavy atom. The van der Waals surface area contributed by atoms with Crippen LogP contribution in [0.1, 0.15) is 77.3 Å². The number of rotatable bonds is 3. The monoisotopic (exact) mass is 365 g/mol. The zero-order valence-corrected chi connectivity index (χ0v) is 16.7. The third-order valence-corrected chi connectivity index (χ3v) is 5.81. The van der Waals surface area contributed by atoms with Crippen molar-refractivity contribution in [2.24, 2.45) is 0 Å². The van der Waals surface area contributed by atoms with Gasteiger partial charge in [-0.2, -0.15) is 0 Å². The van der Waals surface area contributed by atoms with Crippen molar-refractivity contribution in [2.45, 2.75) is 59.4 Å². The highest BCUT2D eigenvalue weighted by molar-refractivity contribution is 6.02. The lowest BCUT2D eigenvalue weighted by Gasteiger charge is -2.22. The molecule has 0 spiro atoms. The predicted octanol–water partition coefficient (Wildman–Crippen LogP) is 5.18. The third-order valence-electron chi connectivity index (χ3n) is 5.81. The average molecular weight is 365 g/mol. The molecule has 0 aliphatic carbocycles. The van der Waals surface area contributed by atoms with E-state index >= 15 is 0 Å². The summed E-state index contributed by atoms with van der Waals surface area (Å²) in [5, 5.41) is 5.42. The number of carbonyl (C=O) groups is 1. The van der Waals surface area contributed by atoms with Gasteiger partial charge in [0.05, 0.1) is 6.04 Å². The summed E-state index contributed by atoms with van der Waals surface area (Å²) >= 11 is 0. The van der Waals surface area contributed by atoms with Gasteiger partial charge in [-0.1, -0.05) is 31.1 Å². The number of hydrogen-bond donors (Lipinski definition) is 1. The fourth-order valence-electron chi connectivity index (χ4n) is 4.21. The van der Waals surface area contributed by atoms with Gasteiger partial charge in [-0.3, -0.25) is 4.79 Å². The molecule has 4 rings (SSSR count). The van der Waals surface area contributed by atoms with E-state index in [1.54, 1.807) is 0 Å². The normalized spacial score (nSPS) is 17.4. The van der Waals surface area contributed by atoms with Crippen LogP contribution in [0.5, 0.6) is 0 Å². The van der Waals surface area contributed by atoms with E-state index in [9.17, 15) is 4.79 Å². The van der Waals surface area contributed by atoms with Crippen LogP contribution in [0.3, 0.4) is 0 Å². The molecule has 5 nitrogen and oxygen atoms in total. The standard InChI is InChI=1S/C22H27N3O2/c1-12(2)18-11-16(24-27-18)17-7-6-10-25(17)22(26)21-15(5)19-13(3)8-9-14(4)20(19)23-21/h8-9,11-12,17,23H,6-7,10H2,1-5H3/t17-/m1/s1. The van der Waals surface area contributed by atoms with E-state index in [1.165, 1.54) is 5.56 Å². The number of likely N-dealkylation sites (tertiary alicyclic amines) is 1. The summed E-state index contributed by atoms with van der Waals surface area (Å²) in [6.45, 7) is 11.1. The first-order chi connectivity index (χ1) is 12.9. The van der Waals surface area contributed by atoms with E-state index in [-0.39, 0.29) is 11.9 Å². The maximum absolute atomic E-state index is 13.4. The van der Waals surface area contributed by atoms with Crippen LogP contribution in [0.4, 0.5) is 0 Å². The molecule has 1 saturated heterocycles. The highest BCUT2D eigenvalue weighted by Gasteiger charge is 2.34. The molecule has 3 aromatic rings. The topological polar surface area (TPSA) is 62.1 Å². The van der Waals surface area contributed by atoms with E-state index in [2.05, 4.69) is 50.0 Å². The average Bonchev–Trinajstić information content (AvgIpc) is 3.35. The Hall–Kier alpha value is -2.56. The second kappa shape index (κ2) is 6.55. The molecule has 1 aliphatic rings. The van der Waals surface area contributed by atoms with Crippen LogP contribution in [-0.4, -0.2) is 27.5 Å². The highest BCUT2D eigenvalue weighted by Crippen LogP contribution is 2.35. The van der Waals surface area contributed by atoms with Crippen LogP contribution in [0.2, 0.25) is 0 Å². The zero-order valence-electron chi connectivity index (χ0n) is 16.7. The molecule has 0 bridgehead atoms. The Labute approximate surface area is 159 Å². The summed E-state index contributed by atoms with van der Waals surface area (Å²) in [5.74, 6) is 1.22. The van der Waals surface area contributed by atoms with Crippen molar-refractivity contribution in [3.8, 4) is 0 Å². The van der Waals surface area contributed by atoms with Gasteiger partial charge in [0, 0.05) is 29.4 Å². The lowest BCUT2D eigenvalue weighted by molar-refractivity contribution is 0.0725. The van der Waals surface area contributed by atoms with Crippen molar-refractivity contribution < 1.29 is 9.32 Å². The van der Waals surface area contributed by atoms with Gasteiger partial charge in [-0.25, -0.2) is 0 Å². The van der Waals surface area contributed by atoms with E-state index < -0.39 is 0 Å². The maximum Gasteiger partial charge on any atom is 0.271 e. The van der Waals surface area contributed by atoms with Crippen molar-refractivity contribution in [3.63, 3.8) is 0 Å². The van der Waals surface area contributed by atoms with Crippen LogP contribution in [0, 0.1) is 20.8 Å². The van der Waals surface area contributed by atoms with E-state index in [0.717, 1.165) is 52.9 Å². The molecule has 3 heterocycles. The number of fused-ring (bicyclic) bond motifs is 1. The molecule has 1 N–H and O–H groups in total. The van der Waals surface area contributed by atoms with Gasteiger partial charge in [-0.15, -0.1) is 0 Å². The van der Waals surface area contributed by atoms with Crippen molar-refractivity contribution in [2.75, 3.05) is 6.54 Å². The highest BCUT2D eigenvalue weighted by atomic mass is 16.5. The fourth-order valence-corrected chi connectivity index (χ4v) is 4.21. The molecule has 142 valence electrons. The Kier molecular flexibility index (Phi) is 4.33. The number of carbonyl (C=O) groups excluding carboxylic acids is 1. The number of amides is 1. The predicted molar refractivity (Wildman–Crippen MR) is 106 cm³/mol. The minimum atomic E-state index is -0.0123. The van der Waals surface area contributed by atoms with Gasteiger partial charge in [0.1, 0.15) is 17.1 Å². The van der Waals surface area contributed by atoms with E-state index in [0.29, 0.717) is 11.6 Å². The van der Waals surface area contributed by atoms with Gasteiger partial charge in [0.25, 0.3) is 5.91 Å². The smallest absolute Gasteiger partial charge is 0.271 e. The van der Waals surface area contributed by atoms with Crippen molar-refractivity contribution >= 4 is 16.8 Å². The summed E-state index contributed by atoms with van der Waals surface area (Å²) in [4.78, 5) is 18.8. The molecule has 2 aromatic heterocycles. The summed E-state index contributed by atoms with van der Waals surface area (Å²) in [6, 6.07) is 6.21. The minimum Gasteiger partial charge on any atom is -0.361 e. The van der Waals surface area contributed by atoms with Gasteiger partial charge in [0.2, 0.25) is 0 Å². The minimum absolute atomic E-state index is 0.0123. The molecule has 1 fully saturated rings. The number of aromatic amines is 1. The Bertz CT molecular complexity index is 1010. The first-order valence-electron chi connectivity index (χ1n) is 9.74. The summed E-state index contributed by atoms with van der Waals surface area (Å²) < 4.78 is 5.48. The number of H-pyrrole nitrogens is 1. The number of nitrogens with zero attached hydrogens (tertiary/aromatic N) is 2. The number of nitrogens with one attached hydrogen (secondary N) is 1. The van der Waals surface area contributed by atoms with Crippen molar-refractivity contribution in [1.82, 2.24) is 15.0 Å². The van der Waals surface area contributed by atoms with Crippen LogP contribution in [0.25, 0.3) is 10.9 Å². The second-order valence-corrected chi connectivity index (χ2v) is 8.04. The second-order valence-electron chi connectivity index (χ2n) is 8.04. The first-order valence-corrected chi connectivity index (χ1v) is 9.74. The SMILES string of the molecule is Cc1ccc(C)c2c(C)c(C(=O)N3CCC[C@@H]3c3cc(C(C)C)on3)[nH]c12. The number of hydrogen-bond acceptors (Lipinski definition) is 3. The van der Waals surface area contributed by atoms with Crippen LogP contribution in [0.15, 0.2) is 22.7 Å². The summed E-state index contributed by atoms with van der Waals surface area (Å²) in [6.07, 6.45) is 1.91. The maximum atomic E-state index is 13.4. The van der Waals surface area contributed by atoms with Crippen molar-refractivity contribution in [1.29, 1.82) is 0 Å². The van der Waals surface area contributed by atoms with Gasteiger partial charge >= 0.3 is 0 Å². The zero-order chi connectivity index (χ0) is 19.3. The number of aromatic nitrogens is 2. The van der Waals surface area contributed by atoms with Crippen LogP contribution in [-0.2, 0) is 0 Å². The molecule has 1 aliphatic heterocycles. The largest absolute Gasteiger partial charge is 0.361 e. The van der Waals surface area contributed by atoms with Crippen molar-refractivity contribution in [3.05, 3.63) is 52.0 Å². The molecule has 1 aromatic carbocycles. The Morgan fingerprint density at radius 3 is 2.67 bits per heavy atom. The molecular formula is C22H27N3O2. The molecule has 27 heavy (non-hydrogen) atoms. The number of benzene rings is 1. The molecule has 5 heteroatoms. The summed E-state index contributed by atoms with van der Waals surface area (Å²) in [5.41, 5.74) is 6.01. The third kappa shape index (κ3) is 2.85. The Morgan fingerprint density at radius 2 is 2.00 bits per heavy atom. The van der Waals surface area contributed by atoms with Gasteiger partial charge < -0.3 is 14.4 Å². The molecule has 1 amide bonds.